The van der Waals surface area contributed by atoms with E-state index in [2.05, 4.69) is 5.32 Å². The van der Waals surface area contributed by atoms with Crippen molar-refractivity contribution in [2.75, 3.05) is 6.54 Å². The highest BCUT2D eigenvalue weighted by molar-refractivity contribution is 6.30. The van der Waals surface area contributed by atoms with Gasteiger partial charge in [0, 0.05) is 21.5 Å². The number of hydrogen-bond acceptors (Lipinski definition) is 4. The molecule has 6 nitrogen and oxygen atoms in total. The summed E-state index contributed by atoms with van der Waals surface area (Å²) < 4.78 is 0. The molecule has 0 radical (unpaired) electrons. The number of aldehydes is 1. The molecule has 0 aliphatic carbocycles. The first kappa shape index (κ1) is 28.2. The summed E-state index contributed by atoms with van der Waals surface area (Å²) in [6.45, 7) is 8.29. The number of amides is 1. The fourth-order valence-corrected chi connectivity index (χ4v) is 5.44. The van der Waals surface area contributed by atoms with Crippen LogP contribution in [-0.2, 0) is 14.4 Å². The van der Waals surface area contributed by atoms with Gasteiger partial charge in [-0.25, -0.2) is 0 Å². The average Bonchev–Trinajstić information content (AvgIpc) is 2.78. The molecule has 1 saturated heterocycles. The van der Waals surface area contributed by atoms with E-state index in [1.165, 1.54) is 0 Å². The number of halogens is 2. The van der Waals surface area contributed by atoms with Gasteiger partial charge in [-0.2, -0.15) is 0 Å². The summed E-state index contributed by atoms with van der Waals surface area (Å²) in [7, 11) is 0. The first-order valence-electron chi connectivity index (χ1n) is 12.1. The second kappa shape index (κ2) is 11.3. The van der Waals surface area contributed by atoms with Gasteiger partial charge in [0.15, 0.2) is 0 Å². The zero-order valence-corrected chi connectivity index (χ0v) is 22.6. The Morgan fingerprint density at radius 1 is 1.17 bits per heavy atom. The Kier molecular flexibility index (Phi) is 8.86. The minimum absolute atomic E-state index is 0.157. The number of benzene rings is 2. The third-order valence-electron chi connectivity index (χ3n) is 6.74. The van der Waals surface area contributed by atoms with Crippen molar-refractivity contribution in [3.63, 3.8) is 0 Å². The molecular formula is C28H34Cl2N2O4. The van der Waals surface area contributed by atoms with Crippen molar-refractivity contribution in [2.24, 2.45) is 5.41 Å². The van der Waals surface area contributed by atoms with Crippen LogP contribution in [0.3, 0.4) is 0 Å². The van der Waals surface area contributed by atoms with Crippen LogP contribution in [0, 0.1) is 5.41 Å². The number of hydrogen-bond donors (Lipinski definition) is 2. The van der Waals surface area contributed by atoms with Crippen LogP contribution in [0.25, 0.3) is 0 Å². The van der Waals surface area contributed by atoms with Crippen molar-refractivity contribution in [1.82, 2.24) is 10.2 Å². The maximum atomic E-state index is 14.1. The van der Waals surface area contributed by atoms with Gasteiger partial charge in [0.2, 0.25) is 5.91 Å². The maximum absolute atomic E-state index is 14.1. The van der Waals surface area contributed by atoms with Crippen LogP contribution in [-0.4, -0.2) is 46.3 Å². The molecule has 0 unspecified atom stereocenters. The predicted molar refractivity (Wildman–Crippen MR) is 142 cm³/mol. The molecule has 2 aromatic carbocycles. The lowest BCUT2D eigenvalue weighted by Crippen LogP contribution is -2.57. The van der Waals surface area contributed by atoms with E-state index >= 15 is 0 Å². The van der Waals surface area contributed by atoms with Crippen molar-refractivity contribution >= 4 is 41.4 Å². The predicted octanol–water partition coefficient (Wildman–Crippen LogP) is 5.88. The summed E-state index contributed by atoms with van der Waals surface area (Å²) in [6.07, 6.45) is 1.15. The molecule has 2 aromatic rings. The first-order valence-corrected chi connectivity index (χ1v) is 12.9. The Hall–Kier alpha value is -2.41. The van der Waals surface area contributed by atoms with Crippen LogP contribution in [0.5, 0.6) is 0 Å². The standard InChI is InChI=1S/C28H34Cl2N2O4/c1-27(2,3)31-13-12-22(17-33)32-25(18-8-10-20(29)11-9-18)23(19-6-5-7-21(30)14-19)15-28(4,26(32)36)16-24(34)35/h5-11,14,17,22-23,25,31H,12-13,15-16H2,1-4H3,(H,34,35)/t22-,23+,25+,28-/m0/s1. The highest BCUT2D eigenvalue weighted by atomic mass is 35.5. The van der Waals surface area contributed by atoms with E-state index in [9.17, 15) is 19.5 Å². The molecular weight excluding hydrogens is 499 g/mol. The summed E-state index contributed by atoms with van der Waals surface area (Å²) in [5.74, 6) is -1.68. The van der Waals surface area contributed by atoms with Crippen LogP contribution in [0.4, 0.5) is 0 Å². The number of rotatable bonds is 9. The van der Waals surface area contributed by atoms with Gasteiger partial charge in [0.05, 0.1) is 23.9 Å². The van der Waals surface area contributed by atoms with Crippen LogP contribution in [0.15, 0.2) is 48.5 Å². The lowest BCUT2D eigenvalue weighted by atomic mass is 9.67. The molecule has 1 aliphatic rings. The number of likely N-dealkylation sites (tertiary alicyclic amines) is 1. The smallest absolute Gasteiger partial charge is 0.304 e. The van der Waals surface area contributed by atoms with E-state index in [1.54, 1.807) is 30.0 Å². The van der Waals surface area contributed by atoms with Gasteiger partial charge >= 0.3 is 5.97 Å². The summed E-state index contributed by atoms with van der Waals surface area (Å²) in [5, 5.41) is 14.2. The van der Waals surface area contributed by atoms with E-state index in [-0.39, 0.29) is 23.8 Å². The Bertz CT molecular complexity index is 1100. The SMILES string of the molecule is CC(C)(C)NCC[C@@H](C=O)N1C(=O)[C@](C)(CC(=O)O)C[C@H](c2cccc(Cl)c2)[C@H]1c1ccc(Cl)cc1. The van der Waals surface area contributed by atoms with Gasteiger partial charge in [-0.3, -0.25) is 9.59 Å². The molecule has 1 fully saturated rings. The Balaban J connectivity index is 2.16. The fraction of sp³-hybridized carbons (Fsp3) is 0.464. The van der Waals surface area contributed by atoms with E-state index in [1.807, 2.05) is 51.1 Å². The second-order valence-corrected chi connectivity index (χ2v) is 11.7. The van der Waals surface area contributed by atoms with Crippen LogP contribution in [0.1, 0.15) is 70.0 Å². The lowest BCUT2D eigenvalue weighted by Gasteiger charge is -2.51. The third-order valence-corrected chi connectivity index (χ3v) is 7.23. The van der Waals surface area contributed by atoms with Gasteiger partial charge < -0.3 is 20.1 Å². The molecule has 36 heavy (non-hydrogen) atoms. The van der Waals surface area contributed by atoms with Crippen molar-refractivity contribution in [3.8, 4) is 0 Å². The van der Waals surface area contributed by atoms with Crippen LogP contribution >= 0.6 is 23.2 Å². The quantitative estimate of drug-likeness (QED) is 0.394. The largest absolute Gasteiger partial charge is 0.481 e. The number of carbonyl (C=O) groups is 3. The number of piperidine rings is 1. The zero-order chi connectivity index (χ0) is 26.7. The molecule has 8 heteroatoms. The van der Waals surface area contributed by atoms with Gasteiger partial charge in [-0.05, 0) is 75.5 Å². The van der Waals surface area contributed by atoms with E-state index in [4.69, 9.17) is 23.2 Å². The van der Waals surface area contributed by atoms with Crippen molar-refractivity contribution in [2.45, 2.75) is 70.5 Å². The van der Waals surface area contributed by atoms with Gasteiger partial charge in [0.1, 0.15) is 6.29 Å². The third kappa shape index (κ3) is 6.67. The minimum atomic E-state index is -1.19. The zero-order valence-electron chi connectivity index (χ0n) is 21.1. The molecule has 0 saturated carbocycles. The molecule has 2 N–H and O–H groups in total. The van der Waals surface area contributed by atoms with Crippen LogP contribution in [0.2, 0.25) is 10.0 Å². The van der Waals surface area contributed by atoms with Gasteiger partial charge in [-0.1, -0.05) is 54.4 Å². The topological polar surface area (TPSA) is 86.7 Å². The summed E-state index contributed by atoms with van der Waals surface area (Å²) >= 11 is 12.5. The van der Waals surface area contributed by atoms with Crippen LogP contribution < -0.4 is 5.32 Å². The molecule has 0 bridgehead atoms. The van der Waals surface area contributed by atoms with Gasteiger partial charge in [-0.15, -0.1) is 0 Å². The van der Waals surface area contributed by atoms with Crippen molar-refractivity contribution in [3.05, 3.63) is 69.7 Å². The number of nitrogens with one attached hydrogen (secondary N) is 1. The molecule has 3 rings (SSSR count). The number of carbonyl (C=O) groups excluding carboxylic acids is 2. The highest BCUT2D eigenvalue weighted by Crippen LogP contribution is 2.52. The summed E-state index contributed by atoms with van der Waals surface area (Å²) in [5.41, 5.74) is 0.357. The molecule has 1 heterocycles. The van der Waals surface area contributed by atoms with E-state index in [0.29, 0.717) is 29.4 Å². The van der Waals surface area contributed by atoms with Crippen molar-refractivity contribution < 1.29 is 19.5 Å². The average molecular weight is 533 g/mol. The Morgan fingerprint density at radius 3 is 2.39 bits per heavy atom. The Labute approximate surface area is 223 Å². The normalized spacial score (nSPS) is 23.4. The van der Waals surface area contributed by atoms with E-state index in [0.717, 1.165) is 17.4 Å². The Morgan fingerprint density at radius 2 is 1.83 bits per heavy atom. The van der Waals surface area contributed by atoms with E-state index < -0.39 is 23.5 Å². The molecule has 0 spiro atoms. The fourth-order valence-electron chi connectivity index (χ4n) is 5.11. The lowest BCUT2D eigenvalue weighted by molar-refractivity contribution is -0.161. The maximum Gasteiger partial charge on any atom is 0.304 e. The molecule has 1 amide bonds. The van der Waals surface area contributed by atoms with Crippen molar-refractivity contribution in [1.29, 1.82) is 0 Å². The molecule has 194 valence electrons. The molecule has 4 atom stereocenters. The number of carboxylic acid groups (broad SMARTS) is 1. The highest BCUT2D eigenvalue weighted by Gasteiger charge is 2.52. The molecule has 1 aliphatic heterocycles. The summed E-state index contributed by atoms with van der Waals surface area (Å²) in [6, 6.07) is 13.4. The number of nitrogens with zero attached hydrogens (tertiary/aromatic N) is 1. The second-order valence-electron chi connectivity index (χ2n) is 10.9. The monoisotopic (exact) mass is 532 g/mol. The number of aliphatic carboxylic acids is 1. The minimum Gasteiger partial charge on any atom is -0.481 e. The first-order chi connectivity index (χ1) is 16.8. The number of carboxylic acids is 1. The molecule has 0 aromatic heterocycles. The summed E-state index contributed by atoms with van der Waals surface area (Å²) in [4.78, 5) is 40.0. The van der Waals surface area contributed by atoms with Gasteiger partial charge in [0.25, 0.3) is 0 Å².